The summed E-state index contributed by atoms with van der Waals surface area (Å²) in [5, 5.41) is 0. The SMILES string of the molecule is CCCCCCCCCc1ccc(-c2ccc([C@H]3CC[C@H](CCCCC)CC3)cn2)c(F)c1. The minimum Gasteiger partial charge on any atom is -0.256 e. The van der Waals surface area contributed by atoms with E-state index in [1.54, 1.807) is 6.07 Å². The molecule has 1 saturated carbocycles. The second kappa shape index (κ2) is 14.5. The van der Waals surface area contributed by atoms with Gasteiger partial charge in [-0.2, -0.15) is 0 Å². The van der Waals surface area contributed by atoms with Gasteiger partial charge in [0.2, 0.25) is 0 Å². The molecule has 3 rings (SSSR count). The van der Waals surface area contributed by atoms with Gasteiger partial charge in [-0.3, -0.25) is 4.98 Å². The third-order valence-corrected chi connectivity index (χ3v) is 7.70. The average Bonchev–Trinajstić information content (AvgIpc) is 2.84. The Morgan fingerprint density at radius 1 is 0.788 bits per heavy atom. The molecule has 1 fully saturated rings. The zero-order valence-electron chi connectivity index (χ0n) is 21.3. The van der Waals surface area contributed by atoms with E-state index < -0.39 is 0 Å². The van der Waals surface area contributed by atoms with Gasteiger partial charge in [-0.25, -0.2) is 4.39 Å². The predicted octanol–water partition coefficient (Wildman–Crippen LogP) is 10.0. The van der Waals surface area contributed by atoms with Crippen molar-refractivity contribution < 1.29 is 4.39 Å². The van der Waals surface area contributed by atoms with Gasteiger partial charge < -0.3 is 0 Å². The Balaban J connectivity index is 1.46. The summed E-state index contributed by atoms with van der Waals surface area (Å²) in [5.41, 5.74) is 3.83. The Morgan fingerprint density at radius 3 is 2.15 bits per heavy atom. The van der Waals surface area contributed by atoms with Crippen LogP contribution in [0.15, 0.2) is 36.5 Å². The van der Waals surface area contributed by atoms with Gasteiger partial charge in [-0.05, 0) is 79.7 Å². The van der Waals surface area contributed by atoms with E-state index in [1.165, 1.54) is 95.5 Å². The van der Waals surface area contributed by atoms with Crippen LogP contribution in [-0.2, 0) is 6.42 Å². The second-order valence-corrected chi connectivity index (χ2v) is 10.4. The molecule has 182 valence electrons. The van der Waals surface area contributed by atoms with Crippen molar-refractivity contribution in [1.29, 1.82) is 0 Å². The standard InChI is InChI=1S/C31H46FN/c1-3-5-7-8-9-10-12-14-26-17-21-29(30(32)23-26)31-22-20-28(24-33-31)27-18-15-25(16-19-27)13-11-6-4-2/h17,20-25,27H,3-16,18-19H2,1-2H3/t25-,27-. The van der Waals surface area contributed by atoms with Crippen LogP contribution < -0.4 is 0 Å². The van der Waals surface area contributed by atoms with Crippen molar-refractivity contribution in [2.75, 3.05) is 0 Å². The van der Waals surface area contributed by atoms with Gasteiger partial charge in [0.25, 0.3) is 0 Å². The van der Waals surface area contributed by atoms with Crippen molar-refractivity contribution in [1.82, 2.24) is 4.98 Å². The number of rotatable bonds is 14. The van der Waals surface area contributed by atoms with E-state index in [9.17, 15) is 4.39 Å². The number of nitrogens with zero attached hydrogens (tertiary/aromatic N) is 1. The molecule has 0 spiro atoms. The first kappa shape index (κ1) is 25.9. The number of unbranched alkanes of at least 4 members (excludes halogenated alkanes) is 8. The molecule has 1 aromatic heterocycles. The number of pyridine rings is 1. The molecule has 1 aliphatic carbocycles. The maximum atomic E-state index is 14.8. The predicted molar refractivity (Wildman–Crippen MR) is 140 cm³/mol. The summed E-state index contributed by atoms with van der Waals surface area (Å²) in [4.78, 5) is 4.67. The number of benzene rings is 1. The fourth-order valence-electron chi connectivity index (χ4n) is 5.48. The Bertz CT molecular complexity index is 789. The molecule has 0 saturated heterocycles. The third kappa shape index (κ3) is 8.54. The second-order valence-electron chi connectivity index (χ2n) is 10.4. The van der Waals surface area contributed by atoms with E-state index in [1.807, 2.05) is 18.3 Å². The van der Waals surface area contributed by atoms with Gasteiger partial charge in [0.1, 0.15) is 5.82 Å². The monoisotopic (exact) mass is 451 g/mol. The maximum Gasteiger partial charge on any atom is 0.132 e. The Hall–Kier alpha value is -1.70. The molecule has 0 N–H and O–H groups in total. The topological polar surface area (TPSA) is 12.9 Å². The van der Waals surface area contributed by atoms with Crippen LogP contribution in [0.25, 0.3) is 11.3 Å². The fraction of sp³-hybridized carbons (Fsp3) is 0.645. The van der Waals surface area contributed by atoms with Crippen LogP contribution in [0.2, 0.25) is 0 Å². The smallest absolute Gasteiger partial charge is 0.132 e. The van der Waals surface area contributed by atoms with Crippen LogP contribution in [0, 0.1) is 11.7 Å². The van der Waals surface area contributed by atoms with Crippen molar-refractivity contribution in [3.8, 4) is 11.3 Å². The van der Waals surface area contributed by atoms with E-state index in [4.69, 9.17) is 0 Å². The molecule has 2 aromatic rings. The highest BCUT2D eigenvalue weighted by molar-refractivity contribution is 5.60. The molecule has 0 amide bonds. The molecule has 0 bridgehead atoms. The Labute approximate surface area is 202 Å². The van der Waals surface area contributed by atoms with Crippen LogP contribution in [0.5, 0.6) is 0 Å². The highest BCUT2D eigenvalue weighted by Crippen LogP contribution is 2.38. The quantitative estimate of drug-likeness (QED) is 0.260. The zero-order chi connectivity index (χ0) is 23.3. The fourth-order valence-corrected chi connectivity index (χ4v) is 5.48. The lowest BCUT2D eigenvalue weighted by Crippen LogP contribution is -2.13. The van der Waals surface area contributed by atoms with E-state index in [0.29, 0.717) is 11.5 Å². The van der Waals surface area contributed by atoms with E-state index in [0.717, 1.165) is 30.0 Å². The number of aryl methyl sites for hydroxylation is 1. The lowest BCUT2D eigenvalue weighted by atomic mass is 9.77. The summed E-state index contributed by atoms with van der Waals surface area (Å²) in [5.74, 6) is 1.42. The summed E-state index contributed by atoms with van der Waals surface area (Å²) < 4.78 is 14.8. The number of halogens is 1. The first-order valence-electron chi connectivity index (χ1n) is 14.0. The lowest BCUT2D eigenvalue weighted by molar-refractivity contribution is 0.302. The molecular weight excluding hydrogens is 405 g/mol. The molecule has 0 radical (unpaired) electrons. The number of aromatic nitrogens is 1. The van der Waals surface area contributed by atoms with E-state index >= 15 is 0 Å². The first-order valence-corrected chi connectivity index (χ1v) is 14.0. The van der Waals surface area contributed by atoms with Crippen LogP contribution in [-0.4, -0.2) is 4.98 Å². The van der Waals surface area contributed by atoms with Crippen LogP contribution in [0.4, 0.5) is 4.39 Å². The Morgan fingerprint density at radius 2 is 1.48 bits per heavy atom. The van der Waals surface area contributed by atoms with E-state index in [-0.39, 0.29) is 5.82 Å². The maximum absolute atomic E-state index is 14.8. The van der Waals surface area contributed by atoms with Crippen molar-refractivity contribution in [2.24, 2.45) is 5.92 Å². The van der Waals surface area contributed by atoms with Gasteiger partial charge in [-0.1, -0.05) is 90.2 Å². The Kier molecular flexibility index (Phi) is 11.4. The molecule has 0 atom stereocenters. The lowest BCUT2D eigenvalue weighted by Gasteiger charge is -2.28. The number of hydrogen-bond donors (Lipinski definition) is 0. The summed E-state index contributed by atoms with van der Waals surface area (Å²) in [6.07, 6.45) is 22.8. The normalized spacial score (nSPS) is 18.5. The van der Waals surface area contributed by atoms with Crippen LogP contribution in [0.1, 0.15) is 127 Å². The van der Waals surface area contributed by atoms with Crippen molar-refractivity contribution in [3.63, 3.8) is 0 Å². The highest BCUT2D eigenvalue weighted by Gasteiger charge is 2.22. The molecule has 0 unspecified atom stereocenters. The van der Waals surface area contributed by atoms with Crippen LogP contribution in [0.3, 0.4) is 0 Å². The van der Waals surface area contributed by atoms with Gasteiger partial charge >= 0.3 is 0 Å². The molecule has 1 aromatic carbocycles. The molecule has 1 nitrogen and oxygen atoms in total. The van der Waals surface area contributed by atoms with Crippen molar-refractivity contribution in [3.05, 3.63) is 53.5 Å². The molecular formula is C31H46FN. The van der Waals surface area contributed by atoms with Gasteiger partial charge in [0, 0.05) is 11.8 Å². The van der Waals surface area contributed by atoms with Crippen LogP contribution >= 0.6 is 0 Å². The number of hydrogen-bond acceptors (Lipinski definition) is 1. The van der Waals surface area contributed by atoms with E-state index in [2.05, 4.69) is 31.0 Å². The minimum absolute atomic E-state index is 0.136. The summed E-state index contributed by atoms with van der Waals surface area (Å²) in [7, 11) is 0. The summed E-state index contributed by atoms with van der Waals surface area (Å²) >= 11 is 0. The molecule has 1 aliphatic rings. The molecule has 0 aliphatic heterocycles. The zero-order valence-corrected chi connectivity index (χ0v) is 21.3. The first-order chi connectivity index (χ1) is 16.2. The third-order valence-electron chi connectivity index (χ3n) is 7.70. The van der Waals surface area contributed by atoms with Gasteiger partial charge in [-0.15, -0.1) is 0 Å². The largest absolute Gasteiger partial charge is 0.256 e. The average molecular weight is 452 g/mol. The minimum atomic E-state index is -0.136. The molecule has 2 heteroatoms. The van der Waals surface area contributed by atoms with Gasteiger partial charge in [0.05, 0.1) is 5.69 Å². The molecule has 1 heterocycles. The van der Waals surface area contributed by atoms with Gasteiger partial charge in [0.15, 0.2) is 0 Å². The van der Waals surface area contributed by atoms with Crippen molar-refractivity contribution in [2.45, 2.75) is 122 Å². The van der Waals surface area contributed by atoms with Crippen molar-refractivity contribution >= 4 is 0 Å². The molecule has 33 heavy (non-hydrogen) atoms. The highest BCUT2D eigenvalue weighted by atomic mass is 19.1. The summed E-state index contributed by atoms with van der Waals surface area (Å²) in [6.45, 7) is 4.54. The summed E-state index contributed by atoms with van der Waals surface area (Å²) in [6, 6.07) is 9.95.